The van der Waals surface area contributed by atoms with Gasteiger partial charge in [-0.25, -0.2) is 4.79 Å². The van der Waals surface area contributed by atoms with E-state index in [1.54, 1.807) is 18.2 Å². The molecule has 1 aromatic rings. The monoisotopic (exact) mass is 466 g/mol. The lowest BCUT2D eigenvalue weighted by Crippen LogP contribution is -2.28. The van der Waals surface area contributed by atoms with E-state index in [9.17, 15) is 20.1 Å². The highest BCUT2D eigenvalue weighted by molar-refractivity contribution is 5.90. The van der Waals surface area contributed by atoms with Gasteiger partial charge in [-0.05, 0) is 25.0 Å². The SMILES string of the molecule is CCCCCCCCC(CC(O)COc1ccccc1C(=O)O)OCC(O)CCCCCC. The maximum Gasteiger partial charge on any atom is 0.339 e. The van der Waals surface area contributed by atoms with Crippen LogP contribution in [0.15, 0.2) is 24.3 Å². The molecule has 0 heterocycles. The van der Waals surface area contributed by atoms with Crippen LogP contribution in [0, 0.1) is 0 Å². The smallest absolute Gasteiger partial charge is 0.339 e. The van der Waals surface area contributed by atoms with E-state index in [-0.39, 0.29) is 30.6 Å². The highest BCUT2D eigenvalue weighted by Crippen LogP contribution is 2.20. The molecule has 3 unspecified atom stereocenters. The van der Waals surface area contributed by atoms with Crippen LogP contribution in [-0.2, 0) is 4.74 Å². The van der Waals surface area contributed by atoms with E-state index in [0.29, 0.717) is 6.42 Å². The van der Waals surface area contributed by atoms with E-state index >= 15 is 0 Å². The van der Waals surface area contributed by atoms with Crippen LogP contribution in [0.3, 0.4) is 0 Å². The first-order chi connectivity index (χ1) is 16.0. The number of carbonyl (C=O) groups is 1. The second-order valence-corrected chi connectivity index (χ2v) is 9.02. The maximum absolute atomic E-state index is 11.3. The van der Waals surface area contributed by atoms with Crippen molar-refractivity contribution >= 4 is 5.97 Å². The van der Waals surface area contributed by atoms with Crippen LogP contribution in [-0.4, -0.2) is 52.8 Å². The standard InChI is InChI=1S/C27H46O6/c1-3-5-7-9-10-12-16-24(32-20-22(28)15-11-8-6-4-2)19-23(29)21-33-26-18-14-13-17-25(26)27(30)31/h13-14,17-18,22-24,28-29H,3-12,15-16,19-21H2,1-2H3,(H,30,31). The van der Waals surface area contributed by atoms with Gasteiger partial charge in [0.15, 0.2) is 0 Å². The predicted molar refractivity (Wildman–Crippen MR) is 132 cm³/mol. The number of ether oxygens (including phenoxy) is 2. The molecule has 0 spiro atoms. The van der Waals surface area contributed by atoms with Crippen LogP contribution in [0.25, 0.3) is 0 Å². The van der Waals surface area contributed by atoms with Crippen LogP contribution in [0.1, 0.15) is 108 Å². The third-order valence-corrected chi connectivity index (χ3v) is 5.88. The highest BCUT2D eigenvalue weighted by Gasteiger charge is 2.19. The summed E-state index contributed by atoms with van der Waals surface area (Å²) in [5, 5.41) is 30.1. The first-order valence-corrected chi connectivity index (χ1v) is 12.9. The number of rotatable bonds is 21. The van der Waals surface area contributed by atoms with Gasteiger partial charge < -0.3 is 24.8 Å². The number of carboxylic acids is 1. The van der Waals surface area contributed by atoms with Gasteiger partial charge in [0.25, 0.3) is 0 Å². The third-order valence-electron chi connectivity index (χ3n) is 5.88. The Kier molecular flexibility index (Phi) is 16.7. The van der Waals surface area contributed by atoms with Crippen molar-refractivity contribution in [1.29, 1.82) is 0 Å². The van der Waals surface area contributed by atoms with E-state index in [2.05, 4.69) is 13.8 Å². The summed E-state index contributed by atoms with van der Waals surface area (Å²) >= 11 is 0. The molecular formula is C27H46O6. The van der Waals surface area contributed by atoms with Gasteiger partial charge in [-0.1, -0.05) is 90.2 Å². The molecule has 0 saturated carbocycles. The van der Waals surface area contributed by atoms with Gasteiger partial charge in [-0.2, -0.15) is 0 Å². The molecule has 0 aliphatic rings. The fourth-order valence-corrected chi connectivity index (χ4v) is 3.89. The topological polar surface area (TPSA) is 96.2 Å². The summed E-state index contributed by atoms with van der Waals surface area (Å²) in [7, 11) is 0. The van der Waals surface area contributed by atoms with E-state index in [1.165, 1.54) is 44.6 Å². The molecule has 0 bridgehead atoms. The first-order valence-electron chi connectivity index (χ1n) is 12.9. The van der Waals surface area contributed by atoms with Gasteiger partial charge in [0, 0.05) is 6.42 Å². The minimum absolute atomic E-state index is 0.000223. The van der Waals surface area contributed by atoms with Gasteiger partial charge in [0.2, 0.25) is 0 Å². The highest BCUT2D eigenvalue weighted by atomic mass is 16.5. The van der Waals surface area contributed by atoms with Gasteiger partial charge in [0.05, 0.1) is 24.9 Å². The lowest BCUT2D eigenvalue weighted by Gasteiger charge is -2.23. The molecule has 6 heteroatoms. The van der Waals surface area contributed by atoms with Crippen LogP contribution in [0.5, 0.6) is 5.75 Å². The first kappa shape index (κ1) is 29.4. The molecule has 3 atom stereocenters. The molecule has 0 amide bonds. The van der Waals surface area contributed by atoms with Crippen molar-refractivity contribution < 1.29 is 29.6 Å². The molecule has 190 valence electrons. The van der Waals surface area contributed by atoms with E-state index in [4.69, 9.17) is 9.47 Å². The van der Waals surface area contributed by atoms with Crippen LogP contribution >= 0.6 is 0 Å². The van der Waals surface area contributed by atoms with Gasteiger partial charge >= 0.3 is 5.97 Å². The van der Waals surface area contributed by atoms with Crippen LogP contribution < -0.4 is 4.74 Å². The molecule has 0 aliphatic carbocycles. The normalized spacial score (nSPS) is 14.1. The molecule has 1 aromatic carbocycles. The molecular weight excluding hydrogens is 420 g/mol. The Labute approximate surface area is 200 Å². The van der Waals surface area contributed by atoms with Crippen molar-refractivity contribution in [3.05, 3.63) is 29.8 Å². The summed E-state index contributed by atoms with van der Waals surface area (Å²) < 4.78 is 11.6. The van der Waals surface area contributed by atoms with Gasteiger partial charge in [0.1, 0.15) is 17.9 Å². The minimum atomic E-state index is -1.06. The Morgan fingerprint density at radius 3 is 2.12 bits per heavy atom. The molecule has 1 rings (SSSR count). The third kappa shape index (κ3) is 14.3. The Hall–Kier alpha value is -1.63. The summed E-state index contributed by atoms with van der Waals surface area (Å²) in [6, 6.07) is 6.43. The van der Waals surface area contributed by atoms with Gasteiger partial charge in [-0.15, -0.1) is 0 Å². The largest absolute Gasteiger partial charge is 0.490 e. The number of hydrogen-bond donors (Lipinski definition) is 3. The number of aliphatic hydroxyl groups is 2. The Balaban J connectivity index is 2.50. The lowest BCUT2D eigenvalue weighted by atomic mass is 10.0. The fraction of sp³-hybridized carbons (Fsp3) is 0.741. The van der Waals surface area contributed by atoms with Crippen molar-refractivity contribution in [3.63, 3.8) is 0 Å². The summed E-state index contributed by atoms with van der Waals surface area (Å²) in [5.41, 5.74) is 0.0794. The molecule has 33 heavy (non-hydrogen) atoms. The fourth-order valence-electron chi connectivity index (χ4n) is 3.89. The molecule has 6 nitrogen and oxygen atoms in total. The molecule has 0 aromatic heterocycles. The zero-order chi connectivity index (χ0) is 24.3. The second-order valence-electron chi connectivity index (χ2n) is 9.02. The zero-order valence-corrected chi connectivity index (χ0v) is 20.7. The van der Waals surface area contributed by atoms with Crippen molar-refractivity contribution in [1.82, 2.24) is 0 Å². The van der Waals surface area contributed by atoms with E-state index in [1.807, 2.05) is 0 Å². The van der Waals surface area contributed by atoms with E-state index in [0.717, 1.165) is 38.5 Å². The second kappa shape index (κ2) is 18.8. The predicted octanol–water partition coefficient (Wildman–Crippen LogP) is 5.98. The molecule has 0 radical (unpaired) electrons. The Morgan fingerprint density at radius 2 is 1.42 bits per heavy atom. The molecule has 0 fully saturated rings. The number of para-hydroxylation sites is 1. The average molecular weight is 467 g/mol. The molecule has 3 N–H and O–H groups in total. The summed E-state index contributed by atoms with van der Waals surface area (Å²) in [6.07, 6.45) is 12.1. The lowest BCUT2D eigenvalue weighted by molar-refractivity contribution is -0.0412. The number of carboxylic acid groups (broad SMARTS) is 1. The Morgan fingerprint density at radius 1 is 0.818 bits per heavy atom. The van der Waals surface area contributed by atoms with Crippen LogP contribution in [0.2, 0.25) is 0 Å². The summed E-state index contributed by atoms with van der Waals surface area (Å²) in [6.45, 7) is 4.65. The molecule has 0 saturated heterocycles. The number of aromatic carboxylic acids is 1. The summed E-state index contributed by atoms with van der Waals surface area (Å²) in [4.78, 5) is 11.3. The number of unbranched alkanes of at least 4 members (excludes halogenated alkanes) is 8. The molecule has 0 aliphatic heterocycles. The van der Waals surface area contributed by atoms with Crippen molar-refractivity contribution in [2.75, 3.05) is 13.2 Å². The van der Waals surface area contributed by atoms with Crippen molar-refractivity contribution in [2.45, 2.75) is 116 Å². The number of benzene rings is 1. The maximum atomic E-state index is 11.3. The van der Waals surface area contributed by atoms with E-state index < -0.39 is 18.2 Å². The zero-order valence-electron chi connectivity index (χ0n) is 20.7. The minimum Gasteiger partial charge on any atom is -0.490 e. The van der Waals surface area contributed by atoms with Crippen molar-refractivity contribution in [2.24, 2.45) is 0 Å². The average Bonchev–Trinajstić information content (AvgIpc) is 2.81. The number of hydrogen-bond acceptors (Lipinski definition) is 5. The quantitative estimate of drug-likeness (QED) is 0.193. The van der Waals surface area contributed by atoms with Crippen molar-refractivity contribution in [3.8, 4) is 5.75 Å². The van der Waals surface area contributed by atoms with Gasteiger partial charge in [-0.3, -0.25) is 0 Å². The van der Waals surface area contributed by atoms with Crippen LogP contribution in [0.4, 0.5) is 0 Å². The number of aliphatic hydroxyl groups excluding tert-OH is 2. The summed E-state index contributed by atoms with van der Waals surface area (Å²) in [5.74, 6) is -0.808. The Bertz CT molecular complexity index is 620.